The highest BCUT2D eigenvalue weighted by atomic mass is 32.2. The number of ether oxygens (including phenoxy) is 1. The molecule has 0 saturated carbocycles. The van der Waals surface area contributed by atoms with E-state index >= 15 is 0 Å². The Labute approximate surface area is 219 Å². The van der Waals surface area contributed by atoms with Gasteiger partial charge in [-0.3, -0.25) is 19.0 Å². The third-order valence-corrected chi connectivity index (χ3v) is 7.28. The van der Waals surface area contributed by atoms with Crippen LogP contribution in [0.25, 0.3) is 5.69 Å². The number of benzene rings is 3. The standard InChI is InChI=1S/C27H26N4O6S/c1-18-24(26(33)31(30(18)3)22-12-8-5-9-13-22)28-25(32)19(2)37-27(34)20-14-16-23(17-15-20)38(35,36)29-21-10-6-4-7-11-21/h4-17,19,29H,1-3H3,(H,28,32). The number of carbonyl (C=O) groups is 2. The summed E-state index contributed by atoms with van der Waals surface area (Å²) in [4.78, 5) is 38.3. The van der Waals surface area contributed by atoms with E-state index in [9.17, 15) is 22.8 Å². The van der Waals surface area contributed by atoms with E-state index in [-0.39, 0.29) is 16.1 Å². The van der Waals surface area contributed by atoms with Crippen LogP contribution in [0, 0.1) is 6.92 Å². The Morgan fingerprint density at radius 3 is 2.08 bits per heavy atom. The molecule has 0 spiro atoms. The summed E-state index contributed by atoms with van der Waals surface area (Å²) < 4.78 is 35.9. The van der Waals surface area contributed by atoms with E-state index in [0.29, 0.717) is 17.1 Å². The first-order valence-electron chi connectivity index (χ1n) is 11.6. The highest BCUT2D eigenvalue weighted by Gasteiger charge is 2.24. The summed E-state index contributed by atoms with van der Waals surface area (Å²) in [5.74, 6) is -1.50. The average molecular weight is 535 g/mol. The molecule has 10 nitrogen and oxygen atoms in total. The van der Waals surface area contributed by atoms with Crippen LogP contribution in [0.5, 0.6) is 0 Å². The summed E-state index contributed by atoms with van der Waals surface area (Å²) in [5.41, 5.74) is 1.26. The maximum absolute atomic E-state index is 13.0. The number of rotatable bonds is 8. The second-order valence-corrected chi connectivity index (χ2v) is 10.2. The summed E-state index contributed by atoms with van der Waals surface area (Å²) in [6.45, 7) is 3.07. The molecule has 1 aromatic heterocycles. The summed E-state index contributed by atoms with van der Waals surface area (Å²) in [6.07, 6.45) is -1.23. The van der Waals surface area contributed by atoms with Gasteiger partial charge in [-0.2, -0.15) is 0 Å². The lowest BCUT2D eigenvalue weighted by molar-refractivity contribution is -0.123. The normalized spacial score (nSPS) is 12.0. The molecule has 0 aliphatic carbocycles. The van der Waals surface area contributed by atoms with Crippen molar-refractivity contribution in [2.75, 3.05) is 10.0 Å². The monoisotopic (exact) mass is 534 g/mol. The van der Waals surface area contributed by atoms with Crippen LogP contribution in [0.15, 0.2) is 94.6 Å². The largest absolute Gasteiger partial charge is 0.449 e. The third kappa shape index (κ3) is 5.52. The maximum atomic E-state index is 13.0. The van der Waals surface area contributed by atoms with Gasteiger partial charge in [0.1, 0.15) is 5.69 Å². The van der Waals surface area contributed by atoms with Gasteiger partial charge in [0.2, 0.25) is 0 Å². The molecule has 0 saturated heterocycles. The molecule has 0 aliphatic heterocycles. The van der Waals surface area contributed by atoms with E-state index in [2.05, 4.69) is 10.0 Å². The van der Waals surface area contributed by atoms with Gasteiger partial charge in [0.05, 0.1) is 21.8 Å². The van der Waals surface area contributed by atoms with Crippen molar-refractivity contribution in [2.24, 2.45) is 7.05 Å². The fourth-order valence-corrected chi connectivity index (χ4v) is 4.77. The number of sulfonamides is 1. The lowest BCUT2D eigenvalue weighted by Crippen LogP contribution is -2.32. The number of aromatic nitrogens is 2. The third-order valence-electron chi connectivity index (χ3n) is 5.88. The smallest absolute Gasteiger partial charge is 0.338 e. The van der Waals surface area contributed by atoms with Crippen molar-refractivity contribution in [1.82, 2.24) is 9.36 Å². The van der Waals surface area contributed by atoms with Crippen LogP contribution in [0.2, 0.25) is 0 Å². The van der Waals surface area contributed by atoms with Crippen LogP contribution < -0.4 is 15.6 Å². The molecular formula is C27H26N4O6S. The molecule has 1 heterocycles. The van der Waals surface area contributed by atoms with E-state index < -0.39 is 33.6 Å². The van der Waals surface area contributed by atoms with E-state index in [1.54, 1.807) is 73.3 Å². The van der Waals surface area contributed by atoms with Gasteiger partial charge in [0.15, 0.2) is 6.10 Å². The van der Waals surface area contributed by atoms with Crippen LogP contribution in [0.1, 0.15) is 23.0 Å². The van der Waals surface area contributed by atoms with Crippen molar-refractivity contribution in [3.05, 3.63) is 107 Å². The van der Waals surface area contributed by atoms with Gasteiger partial charge < -0.3 is 10.1 Å². The predicted octanol–water partition coefficient (Wildman–Crippen LogP) is 3.47. The van der Waals surface area contributed by atoms with Gasteiger partial charge in [0.25, 0.3) is 21.5 Å². The quantitative estimate of drug-likeness (QED) is 0.333. The Bertz CT molecular complexity index is 1630. The molecule has 3 aromatic carbocycles. The Morgan fingerprint density at radius 2 is 1.47 bits per heavy atom. The number of hydrogen-bond donors (Lipinski definition) is 2. The van der Waals surface area contributed by atoms with Crippen molar-refractivity contribution >= 4 is 33.3 Å². The van der Waals surface area contributed by atoms with E-state index in [1.165, 1.54) is 35.9 Å². The van der Waals surface area contributed by atoms with E-state index in [0.717, 1.165) is 0 Å². The lowest BCUT2D eigenvalue weighted by Gasteiger charge is -2.13. The summed E-state index contributed by atoms with van der Waals surface area (Å²) in [7, 11) is -2.16. The second kappa shape index (κ2) is 10.8. The molecule has 0 bridgehead atoms. The zero-order valence-electron chi connectivity index (χ0n) is 20.9. The molecule has 1 amide bonds. The van der Waals surface area contributed by atoms with Gasteiger partial charge in [-0.15, -0.1) is 0 Å². The molecule has 38 heavy (non-hydrogen) atoms. The molecule has 1 unspecified atom stereocenters. The SMILES string of the molecule is Cc1c(NC(=O)C(C)OC(=O)c2ccc(S(=O)(=O)Nc3ccccc3)cc2)c(=O)n(-c2ccccc2)n1C. The van der Waals surface area contributed by atoms with Gasteiger partial charge >= 0.3 is 5.97 Å². The Hall–Kier alpha value is -4.64. The molecule has 0 aliphatic rings. The van der Waals surface area contributed by atoms with Crippen LogP contribution in [0.4, 0.5) is 11.4 Å². The first-order chi connectivity index (χ1) is 18.1. The van der Waals surface area contributed by atoms with Gasteiger partial charge in [0, 0.05) is 12.7 Å². The number of carbonyl (C=O) groups excluding carboxylic acids is 2. The first kappa shape index (κ1) is 26.4. The van der Waals surface area contributed by atoms with E-state index in [4.69, 9.17) is 4.74 Å². The fraction of sp³-hybridized carbons (Fsp3) is 0.148. The molecule has 4 aromatic rings. The van der Waals surface area contributed by atoms with Gasteiger partial charge in [-0.05, 0) is 62.4 Å². The minimum atomic E-state index is -3.86. The molecule has 2 N–H and O–H groups in total. The molecule has 4 rings (SSSR count). The van der Waals surface area contributed by atoms with Crippen LogP contribution >= 0.6 is 0 Å². The molecule has 1 atom stereocenters. The Kier molecular flexibility index (Phi) is 7.49. The minimum absolute atomic E-state index is 0.0436. The highest BCUT2D eigenvalue weighted by Crippen LogP contribution is 2.18. The first-order valence-corrected chi connectivity index (χ1v) is 13.1. The zero-order chi connectivity index (χ0) is 27.4. The second-order valence-electron chi connectivity index (χ2n) is 8.47. The number of nitrogens with one attached hydrogen (secondary N) is 2. The number of anilines is 2. The Balaban J connectivity index is 1.43. The molecule has 11 heteroatoms. The summed E-state index contributed by atoms with van der Waals surface area (Å²) >= 11 is 0. The number of para-hydroxylation sites is 2. The lowest BCUT2D eigenvalue weighted by atomic mass is 10.2. The average Bonchev–Trinajstić information content (AvgIpc) is 3.12. The van der Waals surface area contributed by atoms with Crippen molar-refractivity contribution in [1.29, 1.82) is 0 Å². The number of hydrogen-bond acceptors (Lipinski definition) is 6. The van der Waals surface area contributed by atoms with Crippen molar-refractivity contribution in [2.45, 2.75) is 24.8 Å². The van der Waals surface area contributed by atoms with Crippen LogP contribution in [-0.4, -0.2) is 35.8 Å². The molecule has 196 valence electrons. The van der Waals surface area contributed by atoms with Crippen molar-refractivity contribution in [3.63, 3.8) is 0 Å². The Morgan fingerprint density at radius 1 is 0.895 bits per heavy atom. The zero-order valence-corrected chi connectivity index (χ0v) is 21.7. The van der Waals surface area contributed by atoms with Crippen molar-refractivity contribution in [3.8, 4) is 5.69 Å². The van der Waals surface area contributed by atoms with E-state index in [1.807, 2.05) is 6.07 Å². The topological polar surface area (TPSA) is 128 Å². The van der Waals surface area contributed by atoms with Crippen LogP contribution in [0.3, 0.4) is 0 Å². The molecular weight excluding hydrogens is 508 g/mol. The molecule has 0 radical (unpaired) electrons. The van der Waals surface area contributed by atoms with Gasteiger partial charge in [-0.1, -0.05) is 36.4 Å². The van der Waals surface area contributed by atoms with Crippen molar-refractivity contribution < 1.29 is 22.7 Å². The predicted molar refractivity (Wildman–Crippen MR) is 143 cm³/mol. The summed E-state index contributed by atoms with van der Waals surface area (Å²) in [5, 5.41) is 2.56. The van der Waals surface area contributed by atoms with Gasteiger partial charge in [-0.25, -0.2) is 17.9 Å². The van der Waals surface area contributed by atoms with Crippen LogP contribution in [-0.2, 0) is 26.6 Å². The molecule has 0 fully saturated rings. The number of nitrogens with zero attached hydrogens (tertiary/aromatic N) is 2. The maximum Gasteiger partial charge on any atom is 0.338 e. The summed E-state index contributed by atoms with van der Waals surface area (Å²) in [6, 6.07) is 22.5. The number of esters is 1. The fourth-order valence-electron chi connectivity index (χ4n) is 3.71. The highest BCUT2D eigenvalue weighted by molar-refractivity contribution is 7.92. The number of amides is 1. The minimum Gasteiger partial charge on any atom is -0.449 e.